The Labute approximate surface area is 173 Å². The Balaban J connectivity index is 1.49. The third-order valence-electron chi connectivity index (χ3n) is 8.98. The SMILES string of the molecule is Cc1nn(C)cc1/C=C1\C[C@@H]2[C@H]3CCC4=CC(=O)CC[C@]4(C)[C@@H]3CC[C@]2(C)C1=O. The van der Waals surface area contributed by atoms with Crippen LogP contribution in [0.1, 0.15) is 70.1 Å². The van der Waals surface area contributed by atoms with Crippen molar-refractivity contribution >= 4 is 17.6 Å². The minimum absolute atomic E-state index is 0.160. The summed E-state index contributed by atoms with van der Waals surface area (Å²) in [6.45, 7) is 6.64. The van der Waals surface area contributed by atoms with E-state index in [2.05, 4.69) is 25.0 Å². The topological polar surface area (TPSA) is 52.0 Å². The molecule has 3 fully saturated rings. The summed E-state index contributed by atoms with van der Waals surface area (Å²) in [6.07, 6.45) is 12.9. The van der Waals surface area contributed by atoms with E-state index >= 15 is 0 Å². The Morgan fingerprint density at radius 2 is 1.90 bits per heavy atom. The van der Waals surface area contributed by atoms with Gasteiger partial charge in [0.25, 0.3) is 0 Å². The summed E-state index contributed by atoms with van der Waals surface area (Å²) in [5.74, 6) is 2.32. The summed E-state index contributed by atoms with van der Waals surface area (Å²) in [5.41, 5.74) is 4.39. The quantitative estimate of drug-likeness (QED) is 0.644. The van der Waals surface area contributed by atoms with Gasteiger partial charge in [-0.2, -0.15) is 5.10 Å². The number of aryl methyl sites for hydroxylation is 2. The van der Waals surface area contributed by atoms with E-state index in [9.17, 15) is 9.59 Å². The highest BCUT2D eigenvalue weighted by atomic mass is 16.1. The van der Waals surface area contributed by atoms with Gasteiger partial charge in [0.1, 0.15) is 0 Å². The number of fused-ring (bicyclic) bond motifs is 5. The Bertz CT molecular complexity index is 967. The van der Waals surface area contributed by atoms with Gasteiger partial charge in [0.15, 0.2) is 11.6 Å². The lowest BCUT2D eigenvalue weighted by Crippen LogP contribution is -2.50. The first-order valence-corrected chi connectivity index (χ1v) is 11.2. The van der Waals surface area contributed by atoms with Gasteiger partial charge in [-0.25, -0.2) is 0 Å². The minimum Gasteiger partial charge on any atom is -0.295 e. The maximum atomic E-state index is 13.5. The third kappa shape index (κ3) is 2.67. The van der Waals surface area contributed by atoms with E-state index in [4.69, 9.17) is 0 Å². The van der Waals surface area contributed by atoms with Crippen LogP contribution in [0, 0.1) is 35.5 Å². The summed E-state index contributed by atoms with van der Waals surface area (Å²) < 4.78 is 1.83. The summed E-state index contributed by atoms with van der Waals surface area (Å²) in [6, 6.07) is 0. The zero-order valence-corrected chi connectivity index (χ0v) is 18.1. The van der Waals surface area contributed by atoms with Gasteiger partial charge in [-0.05, 0) is 86.3 Å². The number of aromatic nitrogens is 2. The van der Waals surface area contributed by atoms with Crippen LogP contribution >= 0.6 is 0 Å². The fourth-order valence-electron chi connectivity index (χ4n) is 7.31. The van der Waals surface area contributed by atoms with Crippen molar-refractivity contribution in [3.05, 3.63) is 34.7 Å². The molecule has 5 atom stereocenters. The molecule has 3 saturated carbocycles. The molecule has 0 amide bonds. The molecule has 4 heteroatoms. The molecule has 0 spiro atoms. The molecule has 5 rings (SSSR count). The maximum absolute atomic E-state index is 13.5. The van der Waals surface area contributed by atoms with Crippen molar-refractivity contribution in [2.24, 2.45) is 35.6 Å². The lowest BCUT2D eigenvalue weighted by atomic mass is 9.47. The zero-order valence-electron chi connectivity index (χ0n) is 18.1. The molecule has 4 aliphatic rings. The monoisotopic (exact) mass is 392 g/mol. The van der Waals surface area contributed by atoms with E-state index in [1.165, 1.54) is 5.57 Å². The second-order valence-corrected chi connectivity index (χ2v) is 10.5. The summed E-state index contributed by atoms with van der Waals surface area (Å²) in [5, 5.41) is 4.44. The highest BCUT2D eigenvalue weighted by Crippen LogP contribution is 2.65. The largest absolute Gasteiger partial charge is 0.295 e. The molecule has 0 unspecified atom stereocenters. The summed E-state index contributed by atoms with van der Waals surface area (Å²) in [7, 11) is 1.93. The van der Waals surface area contributed by atoms with Crippen LogP contribution in [-0.2, 0) is 16.6 Å². The van der Waals surface area contributed by atoms with Crippen molar-refractivity contribution in [3.63, 3.8) is 0 Å². The fourth-order valence-corrected chi connectivity index (χ4v) is 7.31. The molecule has 0 bridgehead atoms. The van der Waals surface area contributed by atoms with Crippen molar-refractivity contribution in [2.45, 2.75) is 65.7 Å². The van der Waals surface area contributed by atoms with Gasteiger partial charge < -0.3 is 0 Å². The predicted molar refractivity (Wildman–Crippen MR) is 113 cm³/mol. The number of hydrogen-bond acceptors (Lipinski definition) is 3. The lowest BCUT2D eigenvalue weighted by molar-refractivity contribution is -0.130. The van der Waals surface area contributed by atoms with E-state index < -0.39 is 0 Å². The second-order valence-electron chi connectivity index (χ2n) is 10.5. The Morgan fingerprint density at radius 3 is 2.62 bits per heavy atom. The molecule has 0 radical (unpaired) electrons. The van der Waals surface area contributed by atoms with Crippen LogP contribution < -0.4 is 0 Å². The third-order valence-corrected chi connectivity index (χ3v) is 8.98. The van der Waals surface area contributed by atoms with Gasteiger partial charge in [-0.1, -0.05) is 19.4 Å². The van der Waals surface area contributed by atoms with Gasteiger partial charge in [-0.3, -0.25) is 14.3 Å². The Hall–Kier alpha value is -1.97. The molecule has 1 aromatic heterocycles. The van der Waals surface area contributed by atoms with Crippen LogP contribution in [0.2, 0.25) is 0 Å². The van der Waals surface area contributed by atoms with E-state index in [0.717, 1.165) is 55.4 Å². The van der Waals surface area contributed by atoms with Crippen molar-refractivity contribution in [1.29, 1.82) is 0 Å². The molecule has 0 saturated heterocycles. The normalized spacial score (nSPS) is 40.5. The van der Waals surface area contributed by atoms with E-state index in [-0.39, 0.29) is 10.8 Å². The van der Waals surface area contributed by atoms with Crippen molar-refractivity contribution in [1.82, 2.24) is 9.78 Å². The average Bonchev–Trinajstić information content (AvgIpc) is 3.12. The Morgan fingerprint density at radius 1 is 1.10 bits per heavy atom. The first-order chi connectivity index (χ1) is 13.7. The standard InChI is InChI=1S/C25H32N2O2/c1-15-17(14-27(4)26-15)11-16-12-22-20-6-5-18-13-19(28)7-9-24(18,2)21(20)8-10-25(22,3)23(16)29/h11,13-14,20-22H,5-10,12H2,1-4H3/b16-11+/t20-,21+,22+,24-,25-/m0/s1. The number of rotatable bonds is 1. The number of carbonyl (C=O) groups excluding carboxylic acids is 2. The van der Waals surface area contributed by atoms with E-state index in [1.54, 1.807) is 0 Å². The number of ketones is 2. The van der Waals surface area contributed by atoms with Gasteiger partial charge >= 0.3 is 0 Å². The van der Waals surface area contributed by atoms with E-state index in [1.807, 2.05) is 30.9 Å². The fraction of sp³-hybridized carbons (Fsp3) is 0.640. The molecule has 4 nitrogen and oxygen atoms in total. The van der Waals surface area contributed by atoms with Gasteiger partial charge in [0.05, 0.1) is 5.69 Å². The lowest BCUT2D eigenvalue weighted by Gasteiger charge is -2.56. The number of Topliss-reactive ketones (excluding diaryl/α,β-unsaturated/α-hetero) is 1. The van der Waals surface area contributed by atoms with Crippen LogP contribution in [0.25, 0.3) is 6.08 Å². The second kappa shape index (κ2) is 6.26. The Kier molecular flexibility index (Phi) is 4.11. The number of carbonyl (C=O) groups is 2. The molecule has 29 heavy (non-hydrogen) atoms. The molecule has 0 N–H and O–H groups in total. The first-order valence-electron chi connectivity index (χ1n) is 11.2. The smallest absolute Gasteiger partial charge is 0.165 e. The highest BCUT2D eigenvalue weighted by molar-refractivity contribution is 6.06. The maximum Gasteiger partial charge on any atom is 0.165 e. The zero-order chi connectivity index (χ0) is 20.6. The number of hydrogen-bond donors (Lipinski definition) is 0. The van der Waals surface area contributed by atoms with Crippen molar-refractivity contribution in [3.8, 4) is 0 Å². The number of nitrogens with zero attached hydrogens (tertiary/aromatic N) is 2. The van der Waals surface area contributed by atoms with Crippen LogP contribution in [0.5, 0.6) is 0 Å². The predicted octanol–water partition coefficient (Wildman–Crippen LogP) is 4.82. The molecular weight excluding hydrogens is 360 g/mol. The molecule has 1 heterocycles. The minimum atomic E-state index is -0.217. The first kappa shape index (κ1) is 19.0. The molecule has 154 valence electrons. The molecule has 4 aliphatic carbocycles. The van der Waals surface area contributed by atoms with Gasteiger partial charge in [0, 0.05) is 30.6 Å². The van der Waals surface area contributed by atoms with Crippen LogP contribution in [0.4, 0.5) is 0 Å². The van der Waals surface area contributed by atoms with E-state index in [0.29, 0.717) is 35.7 Å². The number of allylic oxidation sites excluding steroid dienone is 2. The van der Waals surface area contributed by atoms with Gasteiger partial charge in [-0.15, -0.1) is 0 Å². The van der Waals surface area contributed by atoms with Crippen molar-refractivity contribution < 1.29 is 9.59 Å². The van der Waals surface area contributed by atoms with Crippen LogP contribution in [0.15, 0.2) is 23.4 Å². The highest BCUT2D eigenvalue weighted by Gasteiger charge is 2.60. The van der Waals surface area contributed by atoms with Crippen molar-refractivity contribution in [2.75, 3.05) is 0 Å². The molecular formula is C25H32N2O2. The molecule has 1 aromatic rings. The van der Waals surface area contributed by atoms with Crippen LogP contribution in [-0.4, -0.2) is 21.3 Å². The molecule has 0 aromatic carbocycles. The summed E-state index contributed by atoms with van der Waals surface area (Å²) in [4.78, 5) is 25.5. The summed E-state index contributed by atoms with van der Waals surface area (Å²) >= 11 is 0. The average molecular weight is 393 g/mol. The van der Waals surface area contributed by atoms with Gasteiger partial charge in [0.2, 0.25) is 0 Å². The van der Waals surface area contributed by atoms with Crippen LogP contribution in [0.3, 0.4) is 0 Å². The molecule has 0 aliphatic heterocycles.